The summed E-state index contributed by atoms with van der Waals surface area (Å²) in [5.41, 5.74) is 2.25. The van der Waals surface area contributed by atoms with E-state index in [0.29, 0.717) is 19.0 Å². The molecule has 0 bridgehead atoms. The van der Waals surface area contributed by atoms with E-state index in [0.717, 1.165) is 12.2 Å². The van der Waals surface area contributed by atoms with Crippen LogP contribution in [0.1, 0.15) is 37.4 Å². The van der Waals surface area contributed by atoms with Gasteiger partial charge in [0.05, 0.1) is 11.4 Å². The summed E-state index contributed by atoms with van der Waals surface area (Å²) in [5, 5.41) is 7.90. The number of nitrogens with one attached hydrogen (secondary N) is 1. The summed E-state index contributed by atoms with van der Waals surface area (Å²) in [6.07, 6.45) is 5.22. The summed E-state index contributed by atoms with van der Waals surface area (Å²) in [5.74, 6) is 0.472. The van der Waals surface area contributed by atoms with Gasteiger partial charge in [0.1, 0.15) is 9.84 Å². The molecule has 1 N–H and O–H groups in total. The van der Waals surface area contributed by atoms with Crippen LogP contribution in [0.15, 0.2) is 6.20 Å². The SMILES string of the molecule is CCS(=O)(=O)CCCn1cc(CNC2CC2)c(C)n1. The first-order valence-electron chi connectivity index (χ1n) is 6.97. The van der Waals surface area contributed by atoms with Gasteiger partial charge in [-0.05, 0) is 26.2 Å². The molecule has 6 heteroatoms. The molecule has 0 saturated heterocycles. The van der Waals surface area contributed by atoms with Gasteiger partial charge >= 0.3 is 0 Å². The molecular weight excluding hydrogens is 262 g/mol. The van der Waals surface area contributed by atoms with E-state index in [2.05, 4.69) is 10.4 Å². The normalized spacial score (nSPS) is 15.9. The van der Waals surface area contributed by atoms with E-state index in [9.17, 15) is 8.42 Å². The zero-order chi connectivity index (χ0) is 13.9. The van der Waals surface area contributed by atoms with Crippen molar-refractivity contribution >= 4 is 9.84 Å². The van der Waals surface area contributed by atoms with Gasteiger partial charge in [-0.3, -0.25) is 4.68 Å². The standard InChI is InChI=1S/C13H23N3O2S/c1-3-19(17,18)8-4-7-16-10-12(11(2)15-16)9-14-13-5-6-13/h10,13-14H,3-9H2,1-2H3. The van der Waals surface area contributed by atoms with Crippen molar-refractivity contribution < 1.29 is 8.42 Å². The summed E-state index contributed by atoms with van der Waals surface area (Å²) < 4.78 is 24.7. The molecule has 1 aromatic rings. The third kappa shape index (κ3) is 4.62. The molecule has 0 atom stereocenters. The van der Waals surface area contributed by atoms with E-state index >= 15 is 0 Å². The van der Waals surface area contributed by atoms with Gasteiger partial charge in [-0.1, -0.05) is 6.92 Å². The van der Waals surface area contributed by atoms with E-state index in [1.807, 2.05) is 17.8 Å². The molecule has 0 spiro atoms. The zero-order valence-corrected chi connectivity index (χ0v) is 12.5. The molecule has 0 amide bonds. The Morgan fingerprint density at radius 1 is 1.47 bits per heavy atom. The second-order valence-corrected chi connectivity index (χ2v) is 7.72. The number of aromatic nitrogens is 2. The first kappa shape index (κ1) is 14.5. The molecular formula is C13H23N3O2S. The Morgan fingerprint density at radius 3 is 2.84 bits per heavy atom. The Morgan fingerprint density at radius 2 is 2.21 bits per heavy atom. The lowest BCUT2D eigenvalue weighted by Gasteiger charge is -2.02. The number of aryl methyl sites for hydroxylation is 2. The van der Waals surface area contributed by atoms with Crippen molar-refractivity contribution in [3.63, 3.8) is 0 Å². The first-order valence-corrected chi connectivity index (χ1v) is 8.79. The van der Waals surface area contributed by atoms with Gasteiger partial charge in [-0.25, -0.2) is 8.42 Å². The van der Waals surface area contributed by atoms with Crippen LogP contribution in [0.4, 0.5) is 0 Å². The van der Waals surface area contributed by atoms with Crippen molar-refractivity contribution in [3.8, 4) is 0 Å². The molecule has 1 heterocycles. The van der Waals surface area contributed by atoms with Crippen molar-refractivity contribution in [2.45, 2.75) is 52.2 Å². The summed E-state index contributed by atoms with van der Waals surface area (Å²) in [7, 11) is -2.86. The lowest BCUT2D eigenvalue weighted by atomic mass is 10.2. The van der Waals surface area contributed by atoms with Gasteiger partial charge in [-0.15, -0.1) is 0 Å². The van der Waals surface area contributed by atoms with Gasteiger partial charge in [0.15, 0.2) is 0 Å². The molecule has 1 aliphatic carbocycles. The Labute approximate surface area is 115 Å². The van der Waals surface area contributed by atoms with Gasteiger partial charge in [-0.2, -0.15) is 5.10 Å². The van der Waals surface area contributed by atoms with E-state index in [1.165, 1.54) is 18.4 Å². The second-order valence-electron chi connectivity index (χ2n) is 5.25. The highest BCUT2D eigenvalue weighted by molar-refractivity contribution is 7.91. The summed E-state index contributed by atoms with van der Waals surface area (Å²) in [6.45, 7) is 5.23. The van der Waals surface area contributed by atoms with E-state index in [1.54, 1.807) is 6.92 Å². The van der Waals surface area contributed by atoms with Crippen LogP contribution < -0.4 is 5.32 Å². The highest BCUT2D eigenvalue weighted by atomic mass is 32.2. The lowest BCUT2D eigenvalue weighted by molar-refractivity contribution is 0.571. The topological polar surface area (TPSA) is 64.0 Å². The molecule has 0 aromatic carbocycles. The average Bonchev–Trinajstić information content (AvgIpc) is 3.12. The molecule has 1 aliphatic rings. The Hall–Kier alpha value is -0.880. The van der Waals surface area contributed by atoms with Crippen LogP contribution >= 0.6 is 0 Å². The molecule has 2 rings (SSSR count). The van der Waals surface area contributed by atoms with Crippen LogP contribution in [-0.4, -0.2) is 35.7 Å². The Balaban J connectivity index is 1.81. The average molecular weight is 285 g/mol. The minimum absolute atomic E-state index is 0.224. The number of sulfone groups is 1. The van der Waals surface area contributed by atoms with Crippen LogP contribution in [0.3, 0.4) is 0 Å². The number of nitrogens with zero attached hydrogens (tertiary/aromatic N) is 2. The molecule has 1 fully saturated rings. The summed E-state index contributed by atoms with van der Waals surface area (Å²) in [6, 6.07) is 0.692. The fraction of sp³-hybridized carbons (Fsp3) is 0.769. The first-order chi connectivity index (χ1) is 9.00. The van der Waals surface area contributed by atoms with E-state index in [-0.39, 0.29) is 11.5 Å². The minimum Gasteiger partial charge on any atom is -0.310 e. The van der Waals surface area contributed by atoms with Crippen LogP contribution in [0.2, 0.25) is 0 Å². The fourth-order valence-corrected chi connectivity index (χ4v) is 2.84. The molecule has 0 radical (unpaired) electrons. The quantitative estimate of drug-likeness (QED) is 0.781. The van der Waals surface area contributed by atoms with Crippen molar-refractivity contribution in [1.82, 2.24) is 15.1 Å². The number of hydrogen-bond donors (Lipinski definition) is 1. The Kier molecular flexibility index (Phi) is 4.62. The third-order valence-corrected chi connectivity index (χ3v) is 5.28. The molecule has 5 nitrogen and oxygen atoms in total. The minimum atomic E-state index is -2.86. The van der Waals surface area contributed by atoms with Crippen molar-refractivity contribution in [3.05, 3.63) is 17.5 Å². The largest absolute Gasteiger partial charge is 0.310 e. The zero-order valence-electron chi connectivity index (χ0n) is 11.7. The molecule has 19 heavy (non-hydrogen) atoms. The highest BCUT2D eigenvalue weighted by Gasteiger charge is 2.20. The van der Waals surface area contributed by atoms with Crippen molar-refractivity contribution in [2.75, 3.05) is 11.5 Å². The predicted octanol–water partition coefficient (Wildman–Crippen LogP) is 1.27. The molecule has 0 unspecified atom stereocenters. The van der Waals surface area contributed by atoms with Gasteiger partial charge < -0.3 is 5.32 Å². The lowest BCUT2D eigenvalue weighted by Crippen LogP contribution is -2.15. The highest BCUT2D eigenvalue weighted by Crippen LogP contribution is 2.19. The maximum atomic E-state index is 11.4. The summed E-state index contributed by atoms with van der Waals surface area (Å²) >= 11 is 0. The molecule has 1 aromatic heterocycles. The summed E-state index contributed by atoms with van der Waals surface area (Å²) in [4.78, 5) is 0. The van der Waals surface area contributed by atoms with Crippen LogP contribution in [0, 0.1) is 6.92 Å². The van der Waals surface area contributed by atoms with Crippen LogP contribution in [0.25, 0.3) is 0 Å². The molecule has 1 saturated carbocycles. The van der Waals surface area contributed by atoms with E-state index < -0.39 is 9.84 Å². The maximum Gasteiger partial charge on any atom is 0.150 e. The predicted molar refractivity (Wildman–Crippen MR) is 75.8 cm³/mol. The molecule has 108 valence electrons. The fourth-order valence-electron chi connectivity index (χ4n) is 1.98. The molecule has 0 aliphatic heterocycles. The van der Waals surface area contributed by atoms with Crippen molar-refractivity contribution in [2.24, 2.45) is 0 Å². The smallest absolute Gasteiger partial charge is 0.150 e. The number of hydrogen-bond acceptors (Lipinski definition) is 4. The monoisotopic (exact) mass is 285 g/mol. The maximum absolute atomic E-state index is 11.4. The van der Waals surface area contributed by atoms with Gasteiger partial charge in [0.2, 0.25) is 0 Å². The second kappa shape index (κ2) is 6.05. The van der Waals surface area contributed by atoms with Gasteiger partial charge in [0.25, 0.3) is 0 Å². The van der Waals surface area contributed by atoms with Crippen molar-refractivity contribution in [1.29, 1.82) is 0 Å². The van der Waals surface area contributed by atoms with E-state index in [4.69, 9.17) is 0 Å². The number of rotatable bonds is 8. The Bertz CT molecular complexity index is 518. The van der Waals surface area contributed by atoms with Crippen LogP contribution in [-0.2, 0) is 22.9 Å². The van der Waals surface area contributed by atoms with Gasteiger partial charge in [0, 0.05) is 36.6 Å². The van der Waals surface area contributed by atoms with Crippen LogP contribution in [0.5, 0.6) is 0 Å². The third-order valence-electron chi connectivity index (χ3n) is 3.49.